The number of imide groups is 1. The molecule has 1 fully saturated rings. The Morgan fingerprint density at radius 3 is 2.56 bits per heavy atom. The van der Waals surface area contributed by atoms with Crippen LogP contribution in [-0.4, -0.2) is 28.0 Å². The molecule has 5 heteroatoms. The maximum absolute atomic E-state index is 12.0. The molecular weight excluding hydrogens is 248 g/mol. The van der Waals surface area contributed by atoms with Crippen molar-refractivity contribution < 1.29 is 9.59 Å². The molecule has 4 nitrogen and oxygen atoms in total. The van der Waals surface area contributed by atoms with Gasteiger partial charge in [0.25, 0.3) is 11.1 Å². The van der Waals surface area contributed by atoms with Crippen molar-refractivity contribution in [1.82, 2.24) is 4.90 Å². The summed E-state index contributed by atoms with van der Waals surface area (Å²) < 4.78 is 0. The zero-order valence-corrected chi connectivity index (χ0v) is 11.3. The number of benzene rings is 1. The summed E-state index contributed by atoms with van der Waals surface area (Å²) in [6, 6.07) is 7.77. The van der Waals surface area contributed by atoms with E-state index in [9.17, 15) is 9.59 Å². The largest absolute Gasteiger partial charge is 0.365 e. The first-order valence-corrected chi connectivity index (χ1v) is 6.85. The lowest BCUT2D eigenvalue weighted by atomic mass is 10.2. The van der Waals surface area contributed by atoms with Crippen molar-refractivity contribution in [3.63, 3.8) is 0 Å². The fourth-order valence-corrected chi connectivity index (χ4v) is 2.70. The minimum Gasteiger partial charge on any atom is -0.365 e. The van der Waals surface area contributed by atoms with Crippen LogP contribution < -0.4 is 5.32 Å². The van der Waals surface area contributed by atoms with Gasteiger partial charge in [0.2, 0.25) is 0 Å². The minimum atomic E-state index is -0.494. The molecule has 0 aliphatic carbocycles. The van der Waals surface area contributed by atoms with Gasteiger partial charge in [-0.3, -0.25) is 14.5 Å². The van der Waals surface area contributed by atoms with Gasteiger partial charge in [-0.2, -0.15) is 0 Å². The average Bonchev–Trinajstić information content (AvgIpc) is 2.60. The molecule has 1 aliphatic rings. The highest BCUT2D eigenvalue weighted by Crippen LogP contribution is 2.28. The first-order chi connectivity index (χ1) is 8.61. The molecule has 1 aromatic rings. The van der Waals surface area contributed by atoms with Crippen LogP contribution in [0.2, 0.25) is 0 Å². The molecule has 1 N–H and O–H groups in total. The topological polar surface area (TPSA) is 49.4 Å². The predicted octanol–water partition coefficient (Wildman–Crippen LogP) is 2.84. The number of anilines is 1. The molecule has 0 saturated carbocycles. The lowest BCUT2D eigenvalue weighted by Gasteiger charge is -2.13. The van der Waals surface area contributed by atoms with E-state index >= 15 is 0 Å². The van der Waals surface area contributed by atoms with Crippen LogP contribution in [0.3, 0.4) is 0 Å². The van der Waals surface area contributed by atoms with Crippen molar-refractivity contribution in [2.75, 3.05) is 11.9 Å². The Morgan fingerprint density at radius 1 is 1.28 bits per heavy atom. The Balaban J connectivity index is 2.05. The number of nitrogens with one attached hydrogen (secondary N) is 1. The van der Waals surface area contributed by atoms with Crippen LogP contribution in [0.4, 0.5) is 10.5 Å². The molecule has 1 unspecified atom stereocenters. The number of thioether (sulfide) groups is 1. The molecule has 96 valence electrons. The number of carbonyl (C=O) groups is 2. The van der Waals surface area contributed by atoms with Gasteiger partial charge in [-0.1, -0.05) is 24.6 Å². The van der Waals surface area contributed by atoms with E-state index in [1.165, 1.54) is 4.90 Å². The van der Waals surface area contributed by atoms with Gasteiger partial charge in [0.15, 0.2) is 5.37 Å². The number of rotatable bonds is 4. The Morgan fingerprint density at radius 2 is 1.94 bits per heavy atom. The van der Waals surface area contributed by atoms with Gasteiger partial charge >= 0.3 is 0 Å². The highest BCUT2D eigenvalue weighted by atomic mass is 32.2. The van der Waals surface area contributed by atoms with Crippen LogP contribution >= 0.6 is 11.8 Å². The smallest absolute Gasteiger partial charge is 0.290 e. The molecule has 0 radical (unpaired) electrons. The second-order valence-electron chi connectivity index (χ2n) is 4.26. The SMILES string of the molecule is CCCN1C(=O)SC(Nc2ccc(C)cc2)C1=O. The van der Waals surface area contributed by atoms with E-state index in [1.807, 2.05) is 38.1 Å². The highest BCUT2D eigenvalue weighted by molar-refractivity contribution is 8.15. The first kappa shape index (κ1) is 13.0. The summed E-state index contributed by atoms with van der Waals surface area (Å²) in [6.07, 6.45) is 0.787. The van der Waals surface area contributed by atoms with E-state index < -0.39 is 5.37 Å². The first-order valence-electron chi connectivity index (χ1n) is 5.97. The number of amides is 2. The highest BCUT2D eigenvalue weighted by Gasteiger charge is 2.38. The van der Waals surface area contributed by atoms with Crippen LogP contribution in [0.1, 0.15) is 18.9 Å². The predicted molar refractivity (Wildman–Crippen MR) is 73.6 cm³/mol. The van der Waals surface area contributed by atoms with E-state index in [-0.39, 0.29) is 11.1 Å². The van der Waals surface area contributed by atoms with Crippen LogP contribution in [0, 0.1) is 6.92 Å². The van der Waals surface area contributed by atoms with E-state index in [4.69, 9.17) is 0 Å². The van der Waals surface area contributed by atoms with Crippen LogP contribution in [-0.2, 0) is 4.79 Å². The second kappa shape index (κ2) is 5.44. The van der Waals surface area contributed by atoms with Gasteiger partial charge < -0.3 is 5.32 Å². The second-order valence-corrected chi connectivity index (χ2v) is 5.32. The molecule has 2 rings (SSSR count). The van der Waals surface area contributed by atoms with Gasteiger partial charge in [-0.25, -0.2) is 0 Å². The van der Waals surface area contributed by atoms with Crippen molar-refractivity contribution in [1.29, 1.82) is 0 Å². The van der Waals surface area contributed by atoms with E-state index in [0.29, 0.717) is 6.54 Å². The summed E-state index contributed by atoms with van der Waals surface area (Å²) in [4.78, 5) is 25.0. The standard InChI is InChI=1S/C13H16N2O2S/c1-3-8-15-12(16)11(18-13(15)17)14-10-6-4-9(2)5-7-10/h4-7,11,14H,3,8H2,1-2H3. The molecule has 2 amide bonds. The van der Waals surface area contributed by atoms with Gasteiger partial charge in [-0.15, -0.1) is 0 Å². The van der Waals surface area contributed by atoms with Crippen molar-refractivity contribution in [3.05, 3.63) is 29.8 Å². The third-order valence-electron chi connectivity index (χ3n) is 2.73. The van der Waals surface area contributed by atoms with Crippen LogP contribution in [0.5, 0.6) is 0 Å². The lowest BCUT2D eigenvalue weighted by Crippen LogP contribution is -2.34. The number of hydrogen-bond acceptors (Lipinski definition) is 4. The third-order valence-corrected chi connectivity index (χ3v) is 3.70. The Hall–Kier alpha value is -1.49. The summed E-state index contributed by atoms with van der Waals surface area (Å²) >= 11 is 1.05. The van der Waals surface area contributed by atoms with Gasteiger partial charge in [0.05, 0.1) is 0 Å². The molecule has 18 heavy (non-hydrogen) atoms. The summed E-state index contributed by atoms with van der Waals surface area (Å²) in [5.41, 5.74) is 2.02. The fourth-order valence-electron chi connectivity index (χ4n) is 1.76. The molecule has 0 spiro atoms. The van der Waals surface area contributed by atoms with Crippen molar-refractivity contribution in [3.8, 4) is 0 Å². The zero-order valence-electron chi connectivity index (χ0n) is 10.5. The molecule has 1 atom stereocenters. The van der Waals surface area contributed by atoms with Crippen LogP contribution in [0.15, 0.2) is 24.3 Å². The van der Waals surface area contributed by atoms with Gasteiger partial charge in [0.1, 0.15) is 0 Å². The monoisotopic (exact) mass is 264 g/mol. The zero-order chi connectivity index (χ0) is 13.1. The van der Waals surface area contributed by atoms with E-state index in [0.717, 1.165) is 29.4 Å². The number of nitrogens with zero attached hydrogens (tertiary/aromatic N) is 1. The molecule has 1 aromatic carbocycles. The van der Waals surface area contributed by atoms with E-state index in [2.05, 4.69) is 5.32 Å². The van der Waals surface area contributed by atoms with E-state index in [1.54, 1.807) is 0 Å². The van der Waals surface area contributed by atoms with Gasteiger partial charge in [-0.05, 0) is 37.2 Å². The lowest BCUT2D eigenvalue weighted by molar-refractivity contribution is -0.126. The summed E-state index contributed by atoms with van der Waals surface area (Å²) in [7, 11) is 0. The minimum absolute atomic E-state index is 0.146. The Bertz CT molecular complexity index is 459. The third kappa shape index (κ3) is 2.67. The summed E-state index contributed by atoms with van der Waals surface area (Å²) in [6.45, 7) is 4.45. The summed E-state index contributed by atoms with van der Waals surface area (Å²) in [5, 5.41) is 2.43. The van der Waals surface area contributed by atoms with Crippen molar-refractivity contribution in [2.45, 2.75) is 25.6 Å². The normalized spacial score (nSPS) is 19.4. The number of aryl methyl sites for hydroxylation is 1. The summed E-state index contributed by atoms with van der Waals surface area (Å²) in [5.74, 6) is -0.146. The van der Waals surface area contributed by atoms with Crippen molar-refractivity contribution >= 4 is 28.6 Å². The average molecular weight is 264 g/mol. The molecular formula is C13H16N2O2S. The maximum Gasteiger partial charge on any atom is 0.290 e. The molecule has 1 saturated heterocycles. The van der Waals surface area contributed by atoms with Gasteiger partial charge in [0, 0.05) is 12.2 Å². The number of hydrogen-bond donors (Lipinski definition) is 1. The number of carbonyl (C=O) groups excluding carboxylic acids is 2. The van der Waals surface area contributed by atoms with Crippen molar-refractivity contribution in [2.24, 2.45) is 0 Å². The molecule has 0 aromatic heterocycles. The molecule has 0 bridgehead atoms. The molecule has 1 aliphatic heterocycles. The quantitative estimate of drug-likeness (QED) is 0.908. The Kier molecular flexibility index (Phi) is 3.91. The molecule has 1 heterocycles. The fraction of sp³-hybridized carbons (Fsp3) is 0.385. The van der Waals surface area contributed by atoms with Crippen LogP contribution in [0.25, 0.3) is 0 Å². The Labute approximate surface area is 111 Å². The maximum atomic E-state index is 12.0.